The number of carbonyl (C=O) groups is 2. The zero-order valence-electron chi connectivity index (χ0n) is 22.5. The second-order valence-corrected chi connectivity index (χ2v) is 10.7. The molecule has 2 amide bonds. The number of ether oxygens (including phenoxy) is 1. The fourth-order valence-corrected chi connectivity index (χ4v) is 5.96. The first-order valence-electron chi connectivity index (χ1n) is 13.0. The van der Waals surface area contributed by atoms with E-state index < -0.39 is 6.04 Å². The Bertz CT molecular complexity index is 1480. The van der Waals surface area contributed by atoms with Gasteiger partial charge in [0.2, 0.25) is 11.8 Å². The fourth-order valence-electron chi connectivity index (χ4n) is 4.88. The summed E-state index contributed by atoms with van der Waals surface area (Å²) in [5.41, 5.74) is 5.03. The minimum atomic E-state index is -0.889. The average Bonchev–Trinajstić information content (AvgIpc) is 3.20. The van der Waals surface area contributed by atoms with Crippen molar-refractivity contribution in [1.29, 1.82) is 0 Å². The number of methoxy groups -OCH3 is 1. The van der Waals surface area contributed by atoms with Crippen molar-refractivity contribution in [2.24, 2.45) is 0 Å². The standard InChI is InChI=1S/C31H32N4O3S/c1-20(2)22-14-16-24(17-15-22)34-27(36)19-39-31-28(21(3)33-35(31)25-11-6-5-7-12-25)29(34)30(37)32-18-23-10-8-9-13-26(23)38-4/h5-17,20,29H,18-19H2,1-4H3,(H,32,37)/t29-/m1/s1. The molecule has 200 valence electrons. The highest BCUT2D eigenvalue weighted by atomic mass is 32.2. The molecule has 7 nitrogen and oxygen atoms in total. The Morgan fingerprint density at radius 3 is 2.41 bits per heavy atom. The number of aromatic nitrogens is 2. The van der Waals surface area contributed by atoms with Gasteiger partial charge in [0.25, 0.3) is 0 Å². The number of fused-ring (bicyclic) bond motifs is 1. The van der Waals surface area contributed by atoms with Crippen LogP contribution < -0.4 is 15.0 Å². The lowest BCUT2D eigenvalue weighted by atomic mass is 10.0. The Balaban J connectivity index is 1.60. The molecule has 0 unspecified atom stereocenters. The Hall–Kier alpha value is -4.04. The van der Waals surface area contributed by atoms with Crippen LogP contribution in [0.1, 0.15) is 48.2 Å². The van der Waals surface area contributed by atoms with E-state index in [0.717, 1.165) is 21.8 Å². The number of thioether (sulfide) groups is 1. The van der Waals surface area contributed by atoms with E-state index in [0.29, 0.717) is 23.0 Å². The van der Waals surface area contributed by atoms with E-state index in [2.05, 4.69) is 19.2 Å². The van der Waals surface area contributed by atoms with E-state index >= 15 is 0 Å². The molecule has 0 spiro atoms. The molecule has 5 rings (SSSR count). The largest absolute Gasteiger partial charge is 0.496 e. The molecular formula is C31H32N4O3S. The maximum absolute atomic E-state index is 14.1. The number of para-hydroxylation sites is 2. The molecule has 0 saturated carbocycles. The van der Waals surface area contributed by atoms with Crippen LogP contribution in [0.25, 0.3) is 5.69 Å². The molecule has 0 saturated heterocycles. The third-order valence-corrected chi connectivity index (χ3v) is 7.99. The van der Waals surface area contributed by atoms with Gasteiger partial charge in [0, 0.05) is 23.4 Å². The van der Waals surface area contributed by atoms with Gasteiger partial charge in [-0.05, 0) is 48.7 Å². The summed E-state index contributed by atoms with van der Waals surface area (Å²) in [7, 11) is 1.61. The molecule has 0 radical (unpaired) electrons. The highest BCUT2D eigenvalue weighted by Crippen LogP contribution is 2.41. The SMILES string of the molecule is COc1ccccc1CNC(=O)[C@H]1c2c(C)nn(-c3ccccc3)c2SCC(=O)N1c1ccc(C(C)C)cc1. The molecule has 1 aliphatic heterocycles. The average molecular weight is 541 g/mol. The molecule has 2 heterocycles. The Morgan fingerprint density at radius 2 is 1.72 bits per heavy atom. The second kappa shape index (κ2) is 11.4. The molecule has 1 aromatic heterocycles. The van der Waals surface area contributed by atoms with Crippen molar-refractivity contribution in [2.45, 2.75) is 44.3 Å². The number of hydrogen-bond acceptors (Lipinski definition) is 5. The number of anilines is 1. The number of nitrogens with zero attached hydrogens (tertiary/aromatic N) is 3. The molecular weight excluding hydrogens is 508 g/mol. The topological polar surface area (TPSA) is 76.5 Å². The highest BCUT2D eigenvalue weighted by Gasteiger charge is 2.40. The van der Waals surface area contributed by atoms with Gasteiger partial charge in [0.1, 0.15) is 16.8 Å². The van der Waals surface area contributed by atoms with E-state index in [9.17, 15) is 9.59 Å². The predicted octanol–water partition coefficient (Wildman–Crippen LogP) is 5.81. The molecule has 3 aromatic carbocycles. The number of benzene rings is 3. The van der Waals surface area contributed by atoms with Crippen molar-refractivity contribution in [1.82, 2.24) is 15.1 Å². The number of rotatable bonds is 7. The van der Waals surface area contributed by atoms with Gasteiger partial charge in [-0.15, -0.1) is 0 Å². The summed E-state index contributed by atoms with van der Waals surface area (Å²) in [5.74, 6) is 0.826. The molecule has 0 fully saturated rings. The third kappa shape index (κ3) is 5.29. The Morgan fingerprint density at radius 1 is 1.03 bits per heavy atom. The highest BCUT2D eigenvalue weighted by molar-refractivity contribution is 8.00. The molecule has 0 bridgehead atoms. The van der Waals surface area contributed by atoms with E-state index in [1.807, 2.05) is 90.5 Å². The first-order valence-corrected chi connectivity index (χ1v) is 14.0. The first kappa shape index (κ1) is 26.6. The van der Waals surface area contributed by atoms with Crippen LogP contribution in [-0.2, 0) is 16.1 Å². The second-order valence-electron chi connectivity index (χ2n) is 9.78. The van der Waals surface area contributed by atoms with E-state index in [4.69, 9.17) is 9.84 Å². The van der Waals surface area contributed by atoms with Crippen molar-refractivity contribution in [3.05, 3.63) is 101 Å². The minimum absolute atomic E-state index is 0.134. The van der Waals surface area contributed by atoms with Crippen LogP contribution in [0.5, 0.6) is 5.75 Å². The van der Waals surface area contributed by atoms with Gasteiger partial charge >= 0.3 is 0 Å². The van der Waals surface area contributed by atoms with E-state index in [1.54, 1.807) is 12.0 Å². The normalized spacial score (nSPS) is 15.2. The molecule has 4 aromatic rings. The number of hydrogen-bond donors (Lipinski definition) is 1. The van der Waals surface area contributed by atoms with Gasteiger partial charge in [-0.3, -0.25) is 14.5 Å². The number of carbonyl (C=O) groups excluding carboxylic acids is 2. The maximum Gasteiger partial charge on any atom is 0.248 e. The van der Waals surface area contributed by atoms with Crippen molar-refractivity contribution < 1.29 is 14.3 Å². The Kier molecular flexibility index (Phi) is 7.74. The molecule has 39 heavy (non-hydrogen) atoms. The molecule has 0 aliphatic carbocycles. The third-order valence-electron chi connectivity index (χ3n) is 6.93. The molecule has 1 N–H and O–H groups in total. The summed E-state index contributed by atoms with van der Waals surface area (Å²) in [4.78, 5) is 29.5. The van der Waals surface area contributed by atoms with Gasteiger partial charge < -0.3 is 10.1 Å². The van der Waals surface area contributed by atoms with Crippen LogP contribution in [0.2, 0.25) is 0 Å². The Labute approximate surface area is 233 Å². The smallest absolute Gasteiger partial charge is 0.248 e. The summed E-state index contributed by atoms with van der Waals surface area (Å²) < 4.78 is 7.32. The van der Waals surface area contributed by atoms with Crippen LogP contribution in [0, 0.1) is 6.92 Å². The molecule has 1 atom stereocenters. The lowest BCUT2D eigenvalue weighted by molar-refractivity contribution is -0.126. The zero-order chi connectivity index (χ0) is 27.5. The van der Waals surface area contributed by atoms with Gasteiger partial charge in [-0.25, -0.2) is 4.68 Å². The summed E-state index contributed by atoms with van der Waals surface area (Å²) in [5, 5.41) is 8.71. The lowest BCUT2D eigenvalue weighted by Gasteiger charge is -2.30. The minimum Gasteiger partial charge on any atom is -0.496 e. The van der Waals surface area contributed by atoms with Crippen LogP contribution in [0.4, 0.5) is 5.69 Å². The van der Waals surface area contributed by atoms with Crippen molar-refractivity contribution in [3.8, 4) is 11.4 Å². The van der Waals surface area contributed by atoms with Crippen molar-refractivity contribution in [2.75, 3.05) is 17.8 Å². The van der Waals surface area contributed by atoms with Gasteiger partial charge in [0.15, 0.2) is 0 Å². The lowest BCUT2D eigenvalue weighted by Crippen LogP contribution is -2.44. The quantitative estimate of drug-likeness (QED) is 0.320. The van der Waals surface area contributed by atoms with Crippen LogP contribution in [0.15, 0.2) is 83.9 Å². The van der Waals surface area contributed by atoms with Crippen LogP contribution >= 0.6 is 11.8 Å². The summed E-state index contributed by atoms with van der Waals surface area (Å²) >= 11 is 1.42. The summed E-state index contributed by atoms with van der Waals surface area (Å²) in [6.45, 7) is 6.42. The van der Waals surface area contributed by atoms with Gasteiger partial charge in [-0.1, -0.05) is 74.1 Å². The van der Waals surface area contributed by atoms with Gasteiger partial charge in [0.05, 0.1) is 24.2 Å². The van der Waals surface area contributed by atoms with E-state index in [1.165, 1.54) is 17.3 Å². The maximum atomic E-state index is 14.1. The number of amides is 2. The molecule has 1 aliphatic rings. The van der Waals surface area contributed by atoms with Crippen molar-refractivity contribution in [3.63, 3.8) is 0 Å². The fraction of sp³-hybridized carbons (Fsp3) is 0.258. The van der Waals surface area contributed by atoms with Crippen molar-refractivity contribution >= 4 is 29.3 Å². The predicted molar refractivity (Wildman–Crippen MR) is 155 cm³/mol. The van der Waals surface area contributed by atoms with Gasteiger partial charge in [-0.2, -0.15) is 5.10 Å². The zero-order valence-corrected chi connectivity index (χ0v) is 23.4. The summed E-state index contributed by atoms with van der Waals surface area (Å²) in [6.07, 6.45) is 0. The number of aryl methyl sites for hydroxylation is 1. The first-order chi connectivity index (χ1) is 18.9. The monoisotopic (exact) mass is 540 g/mol. The summed E-state index contributed by atoms with van der Waals surface area (Å²) in [6, 6.07) is 24.4. The number of nitrogens with one attached hydrogen (secondary N) is 1. The van der Waals surface area contributed by atoms with Crippen LogP contribution in [-0.4, -0.2) is 34.5 Å². The van der Waals surface area contributed by atoms with E-state index in [-0.39, 0.29) is 24.1 Å². The molecule has 8 heteroatoms. The van der Waals surface area contributed by atoms with Crippen LogP contribution in [0.3, 0.4) is 0 Å².